The molecule has 3 rings (SSSR count). The summed E-state index contributed by atoms with van der Waals surface area (Å²) >= 11 is 0. The van der Waals surface area contributed by atoms with Crippen molar-refractivity contribution in [2.75, 3.05) is 0 Å². The molecule has 0 bridgehead atoms. The maximum atomic E-state index is 9.56. The third kappa shape index (κ3) is 2.55. The summed E-state index contributed by atoms with van der Waals surface area (Å²) in [4.78, 5) is 4.68. The molecule has 1 fully saturated rings. The smallest absolute Gasteiger partial charge is 0.107 e. The van der Waals surface area contributed by atoms with Crippen LogP contribution in [0.1, 0.15) is 50.9 Å². The molecular weight excluding hydrogens is 258 g/mol. The van der Waals surface area contributed by atoms with Crippen LogP contribution >= 0.6 is 0 Å². The first-order valence-corrected chi connectivity index (χ1v) is 8.07. The molecule has 3 atom stereocenters. The second kappa shape index (κ2) is 5.89. The molecule has 0 radical (unpaired) electrons. The zero-order chi connectivity index (χ0) is 14.8. The van der Waals surface area contributed by atoms with Crippen LogP contribution in [0.15, 0.2) is 24.3 Å². The van der Waals surface area contributed by atoms with Gasteiger partial charge in [0, 0.05) is 0 Å². The summed E-state index contributed by atoms with van der Waals surface area (Å²) in [6.45, 7) is 4.32. The maximum absolute atomic E-state index is 9.56. The highest BCUT2D eigenvalue weighted by Gasteiger charge is 2.33. The fraction of sp³-hybridized carbons (Fsp3) is 0.556. The van der Waals surface area contributed by atoms with Gasteiger partial charge < -0.3 is 4.57 Å². The van der Waals surface area contributed by atoms with Crippen molar-refractivity contribution < 1.29 is 0 Å². The molecule has 0 N–H and O–H groups in total. The van der Waals surface area contributed by atoms with Gasteiger partial charge in [0.15, 0.2) is 0 Å². The van der Waals surface area contributed by atoms with Crippen molar-refractivity contribution in [2.45, 2.75) is 52.0 Å². The number of aromatic nitrogens is 2. The standard InChI is InChI=1S/C18H23N3/c1-3-6-14-9-10-15(12-19)18(11-14)21-13(2)20-16-7-4-5-8-17(16)21/h4-5,7-8,14-15,18H,3,6,9-11H2,1-2H3. The molecule has 1 aliphatic rings. The fourth-order valence-electron chi connectivity index (χ4n) is 3.92. The normalized spacial score (nSPS) is 25.9. The Morgan fingerprint density at radius 3 is 2.90 bits per heavy atom. The first-order chi connectivity index (χ1) is 10.2. The van der Waals surface area contributed by atoms with Gasteiger partial charge >= 0.3 is 0 Å². The molecule has 1 aromatic heterocycles. The van der Waals surface area contributed by atoms with Crippen LogP contribution in [-0.2, 0) is 0 Å². The van der Waals surface area contributed by atoms with Crippen LogP contribution < -0.4 is 0 Å². The average Bonchev–Trinajstić information content (AvgIpc) is 2.83. The van der Waals surface area contributed by atoms with Crippen molar-refractivity contribution in [3.63, 3.8) is 0 Å². The molecule has 3 unspecified atom stereocenters. The molecule has 0 saturated heterocycles. The quantitative estimate of drug-likeness (QED) is 0.823. The Balaban J connectivity index is 2.01. The number of imidazole rings is 1. The Bertz CT molecular complexity index is 665. The van der Waals surface area contributed by atoms with E-state index in [0.717, 1.165) is 30.1 Å². The molecule has 2 aromatic rings. The highest BCUT2D eigenvalue weighted by molar-refractivity contribution is 5.76. The Kier molecular flexibility index (Phi) is 3.96. The summed E-state index contributed by atoms with van der Waals surface area (Å²) in [5.41, 5.74) is 2.22. The molecule has 0 aliphatic heterocycles. The minimum Gasteiger partial charge on any atom is -0.324 e. The third-order valence-electron chi connectivity index (χ3n) is 4.89. The summed E-state index contributed by atoms with van der Waals surface area (Å²) in [5, 5.41) is 9.56. The highest BCUT2D eigenvalue weighted by Crippen LogP contribution is 2.40. The molecule has 1 heterocycles. The van der Waals surface area contributed by atoms with Crippen LogP contribution in [0.25, 0.3) is 11.0 Å². The molecule has 1 aliphatic carbocycles. The van der Waals surface area contributed by atoms with Gasteiger partial charge in [-0.05, 0) is 44.2 Å². The molecule has 3 nitrogen and oxygen atoms in total. The van der Waals surface area contributed by atoms with E-state index >= 15 is 0 Å². The molecular formula is C18H23N3. The van der Waals surface area contributed by atoms with Crippen LogP contribution in [0.2, 0.25) is 0 Å². The Labute approximate surface area is 126 Å². The summed E-state index contributed by atoms with van der Waals surface area (Å²) in [5.74, 6) is 1.91. The number of benzene rings is 1. The number of nitriles is 1. The second-order valence-corrected chi connectivity index (χ2v) is 6.29. The van der Waals surface area contributed by atoms with Gasteiger partial charge in [-0.25, -0.2) is 4.98 Å². The number of aryl methyl sites for hydroxylation is 1. The summed E-state index contributed by atoms with van der Waals surface area (Å²) in [6.07, 6.45) is 5.86. The van der Waals surface area contributed by atoms with Crippen LogP contribution in [-0.4, -0.2) is 9.55 Å². The van der Waals surface area contributed by atoms with Crippen molar-refractivity contribution in [2.24, 2.45) is 11.8 Å². The van der Waals surface area contributed by atoms with Gasteiger partial charge in [-0.1, -0.05) is 31.9 Å². The van der Waals surface area contributed by atoms with Crippen molar-refractivity contribution in [3.8, 4) is 6.07 Å². The number of nitrogens with zero attached hydrogens (tertiary/aromatic N) is 3. The van der Waals surface area contributed by atoms with Crippen LogP contribution in [0.3, 0.4) is 0 Å². The molecule has 21 heavy (non-hydrogen) atoms. The molecule has 1 saturated carbocycles. The number of fused-ring (bicyclic) bond motifs is 1. The van der Waals surface area contributed by atoms with Crippen molar-refractivity contribution >= 4 is 11.0 Å². The number of hydrogen-bond donors (Lipinski definition) is 0. The SMILES string of the molecule is CCCC1CCC(C#N)C(n2c(C)nc3ccccc32)C1. The van der Waals surface area contributed by atoms with E-state index in [1.165, 1.54) is 24.8 Å². The van der Waals surface area contributed by atoms with E-state index < -0.39 is 0 Å². The summed E-state index contributed by atoms with van der Waals surface area (Å²) in [7, 11) is 0. The summed E-state index contributed by atoms with van der Waals surface area (Å²) < 4.78 is 2.32. The van der Waals surface area contributed by atoms with E-state index in [9.17, 15) is 5.26 Å². The zero-order valence-electron chi connectivity index (χ0n) is 12.9. The lowest BCUT2D eigenvalue weighted by atomic mass is 9.77. The lowest BCUT2D eigenvalue weighted by molar-refractivity contribution is 0.212. The minimum atomic E-state index is 0.120. The topological polar surface area (TPSA) is 41.6 Å². The van der Waals surface area contributed by atoms with Crippen molar-refractivity contribution in [1.29, 1.82) is 5.26 Å². The molecule has 3 heteroatoms. The fourth-order valence-corrected chi connectivity index (χ4v) is 3.92. The lowest BCUT2D eigenvalue weighted by Gasteiger charge is -2.34. The van der Waals surface area contributed by atoms with E-state index in [1.807, 2.05) is 6.07 Å². The van der Waals surface area contributed by atoms with E-state index in [1.54, 1.807) is 0 Å². The highest BCUT2D eigenvalue weighted by atomic mass is 15.1. The third-order valence-corrected chi connectivity index (χ3v) is 4.89. The average molecular weight is 281 g/mol. The van der Waals surface area contributed by atoms with Gasteiger partial charge in [-0.3, -0.25) is 0 Å². The largest absolute Gasteiger partial charge is 0.324 e. The minimum absolute atomic E-state index is 0.120. The van der Waals surface area contributed by atoms with E-state index in [4.69, 9.17) is 0 Å². The molecule has 110 valence electrons. The van der Waals surface area contributed by atoms with Gasteiger partial charge in [0.1, 0.15) is 5.82 Å². The first kappa shape index (κ1) is 14.1. The summed E-state index contributed by atoms with van der Waals surface area (Å²) in [6, 6.07) is 11.1. The first-order valence-electron chi connectivity index (χ1n) is 8.07. The van der Waals surface area contributed by atoms with Gasteiger partial charge in [0.2, 0.25) is 0 Å². The number of rotatable bonds is 3. The predicted octanol–water partition coefficient (Wildman–Crippen LogP) is 4.63. The Hall–Kier alpha value is -1.82. The van der Waals surface area contributed by atoms with Gasteiger partial charge in [-0.15, -0.1) is 0 Å². The van der Waals surface area contributed by atoms with Crippen molar-refractivity contribution in [3.05, 3.63) is 30.1 Å². The Morgan fingerprint density at radius 1 is 1.33 bits per heavy atom. The van der Waals surface area contributed by atoms with E-state index in [2.05, 4.69) is 47.7 Å². The molecule has 0 amide bonds. The monoisotopic (exact) mass is 281 g/mol. The number of para-hydroxylation sites is 2. The lowest BCUT2D eigenvalue weighted by Crippen LogP contribution is -2.27. The van der Waals surface area contributed by atoms with Crippen LogP contribution in [0, 0.1) is 30.1 Å². The van der Waals surface area contributed by atoms with Crippen LogP contribution in [0.4, 0.5) is 0 Å². The van der Waals surface area contributed by atoms with Gasteiger partial charge in [-0.2, -0.15) is 5.26 Å². The molecule has 0 spiro atoms. The van der Waals surface area contributed by atoms with Gasteiger partial charge in [0.05, 0.1) is 29.1 Å². The zero-order valence-corrected chi connectivity index (χ0v) is 12.9. The van der Waals surface area contributed by atoms with E-state index in [0.29, 0.717) is 0 Å². The number of hydrogen-bond acceptors (Lipinski definition) is 2. The van der Waals surface area contributed by atoms with Crippen molar-refractivity contribution in [1.82, 2.24) is 9.55 Å². The van der Waals surface area contributed by atoms with E-state index in [-0.39, 0.29) is 12.0 Å². The maximum Gasteiger partial charge on any atom is 0.107 e. The molecule has 1 aromatic carbocycles. The second-order valence-electron chi connectivity index (χ2n) is 6.29. The predicted molar refractivity (Wildman–Crippen MR) is 84.9 cm³/mol. The van der Waals surface area contributed by atoms with Crippen LogP contribution in [0.5, 0.6) is 0 Å². The Morgan fingerprint density at radius 2 is 2.14 bits per heavy atom. The van der Waals surface area contributed by atoms with Gasteiger partial charge in [0.25, 0.3) is 0 Å².